The Morgan fingerprint density at radius 3 is 2.73 bits per heavy atom. The van der Waals surface area contributed by atoms with Gasteiger partial charge in [0.1, 0.15) is 15.8 Å². The summed E-state index contributed by atoms with van der Waals surface area (Å²) < 4.78 is 44.3. The summed E-state index contributed by atoms with van der Waals surface area (Å²) in [4.78, 5) is 12.9. The average molecular weight is 418 g/mol. The van der Waals surface area contributed by atoms with Gasteiger partial charge in [0.2, 0.25) is 0 Å². The van der Waals surface area contributed by atoms with E-state index in [-0.39, 0.29) is 27.2 Å². The third kappa shape index (κ3) is 5.13. The quantitative estimate of drug-likeness (QED) is 0.587. The Bertz CT molecular complexity index is 928. The summed E-state index contributed by atoms with van der Waals surface area (Å²) >= 11 is 5.57. The zero-order chi connectivity index (χ0) is 19.3. The molecule has 0 unspecified atom stereocenters. The molecule has 0 bridgehead atoms. The molecule has 0 aliphatic carbocycles. The van der Waals surface area contributed by atoms with Crippen molar-refractivity contribution in [3.63, 3.8) is 0 Å². The predicted octanol–water partition coefficient (Wildman–Crippen LogP) is 1.39. The van der Waals surface area contributed by atoms with Gasteiger partial charge in [-0.25, -0.2) is 12.8 Å². The second-order valence-electron chi connectivity index (χ2n) is 5.04. The second-order valence-corrected chi connectivity index (χ2v) is 8.56. The molecule has 2 rings (SSSR count). The number of ether oxygens (including phenoxy) is 1. The fourth-order valence-corrected chi connectivity index (χ4v) is 4.63. The van der Waals surface area contributed by atoms with Gasteiger partial charge in [0.15, 0.2) is 5.11 Å². The molecule has 140 valence electrons. The van der Waals surface area contributed by atoms with Gasteiger partial charge in [0.05, 0.1) is 12.7 Å². The lowest BCUT2D eigenvalue weighted by molar-refractivity contribution is 0.0950. The van der Waals surface area contributed by atoms with Gasteiger partial charge in [-0.05, 0) is 49.0 Å². The lowest BCUT2D eigenvalue weighted by atomic mass is 10.2. The topological polar surface area (TPSA) is 111 Å². The number of methoxy groups -OCH3 is 1. The van der Waals surface area contributed by atoms with E-state index in [1.807, 2.05) is 4.72 Å². The maximum atomic E-state index is 13.3. The number of sulfonamides is 1. The smallest absolute Gasteiger partial charge is 0.273 e. The first-order chi connectivity index (χ1) is 12.2. The molecular formula is C15H16FN3O4S3. The first-order valence-electron chi connectivity index (χ1n) is 7.25. The molecule has 0 spiro atoms. The molecule has 26 heavy (non-hydrogen) atoms. The Balaban J connectivity index is 1.98. The van der Waals surface area contributed by atoms with Crippen LogP contribution in [0, 0.1) is 5.82 Å². The molecule has 1 heterocycles. The van der Waals surface area contributed by atoms with E-state index in [1.165, 1.54) is 25.3 Å². The van der Waals surface area contributed by atoms with Crippen molar-refractivity contribution < 1.29 is 22.3 Å². The number of nitrogens with one attached hydrogen (secondary N) is 2. The lowest BCUT2D eigenvalue weighted by Gasteiger charge is -2.09. The Labute approximate surface area is 159 Å². The zero-order valence-corrected chi connectivity index (χ0v) is 16.1. The molecule has 7 nitrogen and oxygen atoms in total. The molecule has 0 fully saturated rings. The maximum Gasteiger partial charge on any atom is 0.273 e. The van der Waals surface area contributed by atoms with Crippen LogP contribution in [0.5, 0.6) is 5.75 Å². The lowest BCUT2D eigenvalue weighted by Crippen LogP contribution is -2.34. The molecule has 0 atom stereocenters. The average Bonchev–Trinajstić information content (AvgIpc) is 3.03. The van der Waals surface area contributed by atoms with E-state index in [2.05, 4.69) is 17.5 Å². The third-order valence-electron chi connectivity index (χ3n) is 3.20. The summed E-state index contributed by atoms with van der Waals surface area (Å²) in [5.74, 6) is -0.771. The second kappa shape index (κ2) is 8.43. The molecule has 11 heteroatoms. The monoisotopic (exact) mass is 417 g/mol. The van der Waals surface area contributed by atoms with Gasteiger partial charge in [0, 0.05) is 11.4 Å². The Kier molecular flexibility index (Phi) is 6.51. The molecule has 1 amide bonds. The number of thiocarbonyl (C=S) groups is 1. The van der Waals surface area contributed by atoms with Crippen molar-refractivity contribution in [3.05, 3.63) is 46.6 Å². The summed E-state index contributed by atoms with van der Waals surface area (Å²) in [5, 5.41) is 2.31. The van der Waals surface area contributed by atoms with E-state index in [4.69, 9.17) is 10.5 Å². The maximum absolute atomic E-state index is 13.3. The number of amides is 1. The van der Waals surface area contributed by atoms with Gasteiger partial charge in [-0.2, -0.15) is 0 Å². The predicted molar refractivity (Wildman–Crippen MR) is 100 cm³/mol. The van der Waals surface area contributed by atoms with E-state index in [0.717, 1.165) is 22.3 Å². The van der Waals surface area contributed by atoms with Crippen LogP contribution in [0.4, 0.5) is 4.39 Å². The van der Waals surface area contributed by atoms with E-state index in [9.17, 15) is 17.6 Å². The van der Waals surface area contributed by atoms with Gasteiger partial charge in [0.25, 0.3) is 15.9 Å². The number of rotatable bonds is 7. The molecule has 0 aliphatic rings. The van der Waals surface area contributed by atoms with E-state index in [0.29, 0.717) is 6.42 Å². The van der Waals surface area contributed by atoms with Crippen LogP contribution in [0.1, 0.15) is 15.2 Å². The van der Waals surface area contributed by atoms with Crippen LogP contribution in [-0.4, -0.2) is 33.1 Å². The number of nitrogens with two attached hydrogens (primary N) is 1. The Morgan fingerprint density at radius 1 is 1.35 bits per heavy atom. The molecule has 0 saturated carbocycles. The highest BCUT2D eigenvalue weighted by Gasteiger charge is 2.17. The van der Waals surface area contributed by atoms with Crippen LogP contribution in [0.3, 0.4) is 0 Å². The van der Waals surface area contributed by atoms with Crippen LogP contribution in [0.15, 0.2) is 34.5 Å². The highest BCUT2D eigenvalue weighted by molar-refractivity contribution is 7.93. The van der Waals surface area contributed by atoms with Gasteiger partial charge < -0.3 is 15.8 Å². The minimum Gasteiger partial charge on any atom is -0.496 e. The number of carbonyl (C=O) groups is 1. The van der Waals surface area contributed by atoms with Gasteiger partial charge in [-0.15, -0.1) is 11.3 Å². The zero-order valence-electron chi connectivity index (χ0n) is 13.6. The van der Waals surface area contributed by atoms with Gasteiger partial charge >= 0.3 is 0 Å². The molecule has 1 aromatic carbocycles. The molecule has 0 saturated heterocycles. The summed E-state index contributed by atoms with van der Waals surface area (Å²) in [7, 11) is -2.39. The van der Waals surface area contributed by atoms with Crippen LogP contribution in [0.25, 0.3) is 0 Å². The van der Waals surface area contributed by atoms with Crippen molar-refractivity contribution in [2.75, 3.05) is 13.7 Å². The number of thiophene rings is 1. The molecule has 4 N–H and O–H groups in total. The summed E-state index contributed by atoms with van der Waals surface area (Å²) in [5.41, 5.74) is 5.27. The highest BCUT2D eigenvalue weighted by atomic mass is 32.2. The van der Waals surface area contributed by atoms with Crippen LogP contribution >= 0.6 is 23.6 Å². The molecule has 1 aromatic heterocycles. The van der Waals surface area contributed by atoms with Crippen molar-refractivity contribution >= 4 is 44.6 Å². The number of benzene rings is 1. The fourth-order valence-electron chi connectivity index (χ4n) is 2.07. The van der Waals surface area contributed by atoms with Crippen molar-refractivity contribution in [3.8, 4) is 5.75 Å². The van der Waals surface area contributed by atoms with Crippen molar-refractivity contribution in [2.24, 2.45) is 5.73 Å². The highest BCUT2D eigenvalue weighted by Crippen LogP contribution is 2.22. The standard InChI is InChI=1S/C15H16FN3O4S3/c1-23-12-4-2-9(16)8-11(12)14(20)18-7-6-10-3-5-13(25-10)26(21,22)19-15(17)24/h2-5,8H,6-7H2,1H3,(H,18,20)(H3,17,19,24). The first kappa shape index (κ1) is 20.1. The van der Waals surface area contributed by atoms with Crippen molar-refractivity contribution in [1.29, 1.82) is 0 Å². The molecular weight excluding hydrogens is 401 g/mol. The molecule has 0 radical (unpaired) electrons. The summed E-state index contributed by atoms with van der Waals surface area (Å²) in [6, 6.07) is 6.72. The summed E-state index contributed by atoms with van der Waals surface area (Å²) in [6.45, 7) is 0.237. The van der Waals surface area contributed by atoms with Crippen molar-refractivity contribution in [1.82, 2.24) is 10.0 Å². The van der Waals surface area contributed by atoms with E-state index >= 15 is 0 Å². The largest absolute Gasteiger partial charge is 0.496 e. The molecule has 0 aliphatic heterocycles. The van der Waals surface area contributed by atoms with E-state index in [1.54, 1.807) is 6.07 Å². The van der Waals surface area contributed by atoms with Crippen LogP contribution in [0.2, 0.25) is 0 Å². The van der Waals surface area contributed by atoms with E-state index < -0.39 is 21.7 Å². The summed E-state index contributed by atoms with van der Waals surface area (Å²) in [6.07, 6.45) is 0.399. The fraction of sp³-hybridized carbons (Fsp3) is 0.200. The number of carbonyl (C=O) groups excluding carboxylic acids is 1. The Morgan fingerprint density at radius 2 is 2.08 bits per heavy atom. The van der Waals surface area contributed by atoms with Gasteiger partial charge in [-0.3, -0.25) is 9.52 Å². The SMILES string of the molecule is COc1ccc(F)cc1C(=O)NCCc1ccc(S(=O)(=O)NC(N)=S)s1. The van der Waals surface area contributed by atoms with Crippen LogP contribution in [-0.2, 0) is 16.4 Å². The Hall–Kier alpha value is -2.24. The minimum absolute atomic E-state index is 0.0680. The third-order valence-corrected chi connectivity index (χ3v) is 6.43. The number of halogens is 1. The van der Waals surface area contributed by atoms with Gasteiger partial charge in [-0.1, -0.05) is 0 Å². The van der Waals surface area contributed by atoms with Crippen molar-refractivity contribution in [2.45, 2.75) is 10.6 Å². The number of hydrogen-bond donors (Lipinski definition) is 3. The van der Waals surface area contributed by atoms with Crippen LogP contribution < -0.4 is 20.5 Å². The molecule has 2 aromatic rings. The first-order valence-corrected chi connectivity index (χ1v) is 9.96. The minimum atomic E-state index is -3.78. The normalized spacial score (nSPS) is 11.0. The number of hydrogen-bond acceptors (Lipinski definition) is 6.